The van der Waals surface area contributed by atoms with Crippen molar-refractivity contribution in [2.45, 2.75) is 322 Å². The van der Waals surface area contributed by atoms with Gasteiger partial charge < -0.3 is 33.3 Å². The molecule has 0 N–H and O–H groups in total. The fourth-order valence-corrected chi connectivity index (χ4v) is 10.7. The first-order chi connectivity index (χ1) is 49.6. The van der Waals surface area contributed by atoms with Gasteiger partial charge in [-0.15, -0.1) is 0 Å². The number of carbonyl (C=O) groups is 3. The molecule has 0 amide bonds. The summed E-state index contributed by atoms with van der Waals surface area (Å²) in [6, 6.07) is 0. The van der Waals surface area contributed by atoms with Gasteiger partial charge in [0.25, 0.3) is 0 Å². The predicted octanol–water partition coefficient (Wildman–Crippen LogP) is 25.1. The summed E-state index contributed by atoms with van der Waals surface area (Å²) in [6.07, 6.45) is 120. The van der Waals surface area contributed by atoms with Crippen molar-refractivity contribution in [3.05, 3.63) is 194 Å². The highest BCUT2D eigenvalue weighted by atomic mass is 16.7. The van der Waals surface area contributed by atoms with Crippen LogP contribution in [0.15, 0.2) is 194 Å². The van der Waals surface area contributed by atoms with Crippen molar-refractivity contribution in [1.29, 1.82) is 0 Å². The van der Waals surface area contributed by atoms with Crippen LogP contribution in [0.25, 0.3) is 0 Å². The molecule has 0 aromatic rings. The van der Waals surface area contributed by atoms with Gasteiger partial charge in [0.05, 0.1) is 40.3 Å². The first-order valence-electron chi connectivity index (χ1n) is 40.6. The van der Waals surface area contributed by atoms with Gasteiger partial charge in [-0.25, -0.2) is 0 Å². The average Bonchev–Trinajstić information content (AvgIpc) is 1.21. The van der Waals surface area contributed by atoms with Crippen LogP contribution >= 0.6 is 0 Å². The summed E-state index contributed by atoms with van der Waals surface area (Å²) in [5, 5.41) is 11.9. The van der Waals surface area contributed by atoms with Gasteiger partial charge in [-0.05, 0) is 141 Å². The van der Waals surface area contributed by atoms with E-state index in [2.05, 4.69) is 208 Å². The number of ether oxygens (including phenoxy) is 4. The molecule has 0 radical (unpaired) electrons. The van der Waals surface area contributed by atoms with Gasteiger partial charge in [0.2, 0.25) is 0 Å². The van der Waals surface area contributed by atoms with Gasteiger partial charge in [0.15, 0.2) is 12.4 Å². The fourth-order valence-electron chi connectivity index (χ4n) is 10.7. The summed E-state index contributed by atoms with van der Waals surface area (Å²) in [6.45, 7) is 4.50. The van der Waals surface area contributed by atoms with Gasteiger partial charge in [-0.1, -0.05) is 350 Å². The molecule has 570 valence electrons. The first-order valence-corrected chi connectivity index (χ1v) is 40.6. The van der Waals surface area contributed by atoms with Crippen LogP contribution in [0.3, 0.4) is 0 Å². The van der Waals surface area contributed by atoms with Crippen molar-refractivity contribution in [3.63, 3.8) is 0 Å². The van der Waals surface area contributed by atoms with E-state index in [0.717, 1.165) is 148 Å². The molecule has 0 aliphatic rings. The number of esters is 2. The summed E-state index contributed by atoms with van der Waals surface area (Å²) >= 11 is 0. The number of hydrogen-bond donors (Lipinski definition) is 0. The molecule has 0 fully saturated rings. The van der Waals surface area contributed by atoms with Crippen molar-refractivity contribution in [2.24, 2.45) is 0 Å². The Kier molecular flexibility index (Phi) is 75.2. The third-order valence-electron chi connectivity index (χ3n) is 16.8. The van der Waals surface area contributed by atoms with Crippen molar-refractivity contribution >= 4 is 17.9 Å². The first kappa shape index (κ1) is 95.1. The molecule has 0 saturated heterocycles. The van der Waals surface area contributed by atoms with E-state index >= 15 is 0 Å². The van der Waals surface area contributed by atoms with Crippen LogP contribution in [-0.4, -0.2) is 82.3 Å². The smallest absolute Gasteiger partial charge is 0.306 e. The molecule has 9 nitrogen and oxygen atoms in total. The summed E-state index contributed by atoms with van der Waals surface area (Å²) in [4.78, 5) is 37.6. The van der Waals surface area contributed by atoms with Crippen LogP contribution in [0.4, 0.5) is 0 Å². The number of likely N-dealkylation sites (N-methyl/N-ethyl adjacent to an activating group) is 1. The van der Waals surface area contributed by atoms with Crippen LogP contribution in [0.1, 0.15) is 309 Å². The zero-order chi connectivity index (χ0) is 73.2. The van der Waals surface area contributed by atoms with Crippen LogP contribution < -0.4 is 5.11 Å². The average molecular weight is 1400 g/mol. The van der Waals surface area contributed by atoms with Crippen LogP contribution in [0.2, 0.25) is 0 Å². The quantitative estimate of drug-likeness (QED) is 0.0195. The zero-order valence-corrected chi connectivity index (χ0v) is 65.2. The van der Waals surface area contributed by atoms with E-state index in [0.29, 0.717) is 17.4 Å². The monoisotopic (exact) mass is 1400 g/mol. The number of carboxylic acids is 1. The highest BCUT2D eigenvalue weighted by molar-refractivity contribution is 5.70. The molecule has 0 rings (SSSR count). The lowest BCUT2D eigenvalue weighted by atomic mass is 10.0. The van der Waals surface area contributed by atoms with E-state index in [-0.39, 0.29) is 38.6 Å². The second-order valence-electron chi connectivity index (χ2n) is 27.6. The molecule has 0 saturated carbocycles. The van der Waals surface area contributed by atoms with Gasteiger partial charge in [-0.2, -0.15) is 0 Å². The fraction of sp³-hybridized carbons (Fsp3) is 0.620. The van der Waals surface area contributed by atoms with Gasteiger partial charge in [-0.3, -0.25) is 9.59 Å². The molecular weight excluding hydrogens is 1250 g/mol. The lowest BCUT2D eigenvalue weighted by molar-refractivity contribution is -0.870. The molecule has 0 spiro atoms. The Labute approximate surface area is 621 Å². The third-order valence-corrected chi connectivity index (χ3v) is 16.8. The van der Waals surface area contributed by atoms with E-state index in [1.807, 2.05) is 21.1 Å². The summed E-state index contributed by atoms with van der Waals surface area (Å²) < 4.78 is 22.8. The van der Waals surface area contributed by atoms with Crippen LogP contribution in [0.5, 0.6) is 0 Å². The summed E-state index contributed by atoms with van der Waals surface area (Å²) in [7, 11) is 5.92. The number of unbranched alkanes of at least 4 members (excludes halogenated alkanes) is 26. The van der Waals surface area contributed by atoms with E-state index in [4.69, 9.17) is 18.9 Å². The number of hydrogen-bond acceptors (Lipinski definition) is 8. The molecule has 0 aromatic heterocycles. The van der Waals surface area contributed by atoms with Crippen LogP contribution in [0, 0.1) is 0 Å². The Hall–Kier alpha value is -5.87. The van der Waals surface area contributed by atoms with Crippen molar-refractivity contribution < 1.29 is 42.9 Å². The number of carbonyl (C=O) groups excluding carboxylic acids is 3. The van der Waals surface area contributed by atoms with Crippen LogP contribution in [-0.2, 0) is 33.3 Å². The zero-order valence-electron chi connectivity index (χ0n) is 65.2. The topological polar surface area (TPSA) is 111 Å². The third kappa shape index (κ3) is 81.3. The highest BCUT2D eigenvalue weighted by Gasteiger charge is 2.22. The van der Waals surface area contributed by atoms with E-state index in [9.17, 15) is 19.5 Å². The minimum Gasteiger partial charge on any atom is -0.545 e. The number of quaternary nitrogens is 1. The standard InChI is InChI=1S/C92H149NO8/c1-6-8-10-12-14-16-18-20-22-24-26-28-30-32-34-36-38-40-42-43-44-45-46-47-49-51-53-55-57-59-61-63-65-67-69-71-73-75-77-79-81-83-90(95)101-88(87-100-92(91(96)97)98-85-84-93(3,4)5)86-99-89(94)82-80-78-76-74-72-70-68-66-64-62-60-58-56-54-52-50-48-41-39-37-35-33-31-29-27-25-23-21-19-17-15-13-11-9-7-2/h8-11,14-17,20-23,26-29,32,34,38,40,43-44,46-47,51,53,57,59,63,65,69,71,88,92H,6-7,12-13,18-19,24-25,30-31,33,35-37,39,41-42,45,48-50,52,54-56,58,60-62,64,66-68,70,72-87H2,1-5H3/b10-8-,11-9-,16-14-,17-15-,22-20-,23-21-,28-26-,29-27-,34-32-,40-38-,44-43-,47-46-,53-51-,59-57-,65-63-,71-69-. The van der Waals surface area contributed by atoms with Crippen molar-refractivity contribution in [2.75, 3.05) is 47.5 Å². The molecular formula is C92H149NO8. The normalized spacial score (nSPS) is 13.7. The Morgan fingerprint density at radius 1 is 0.297 bits per heavy atom. The number of aliphatic carboxylic acids is 1. The Balaban J connectivity index is 4.14. The highest BCUT2D eigenvalue weighted by Crippen LogP contribution is 2.17. The maximum atomic E-state index is 13.0. The van der Waals surface area contributed by atoms with Crippen molar-refractivity contribution in [3.8, 4) is 0 Å². The molecule has 101 heavy (non-hydrogen) atoms. The lowest BCUT2D eigenvalue weighted by Gasteiger charge is -2.26. The molecule has 2 atom stereocenters. The molecule has 2 unspecified atom stereocenters. The maximum Gasteiger partial charge on any atom is 0.306 e. The van der Waals surface area contributed by atoms with Gasteiger partial charge >= 0.3 is 11.9 Å². The molecule has 0 aliphatic heterocycles. The second kappa shape index (κ2) is 79.8. The Bertz CT molecular complexity index is 2380. The van der Waals surface area contributed by atoms with E-state index < -0.39 is 24.3 Å². The van der Waals surface area contributed by atoms with E-state index in [1.165, 1.54) is 128 Å². The molecule has 9 heteroatoms. The molecule has 0 bridgehead atoms. The van der Waals surface area contributed by atoms with Gasteiger partial charge in [0, 0.05) is 12.8 Å². The molecule has 0 heterocycles. The number of carboxylic acid groups (broad SMARTS) is 1. The minimum atomic E-state index is -1.64. The number of allylic oxidation sites excluding steroid dienone is 32. The summed E-state index contributed by atoms with van der Waals surface area (Å²) in [5.74, 6) is -2.32. The second-order valence-corrected chi connectivity index (χ2v) is 27.6. The van der Waals surface area contributed by atoms with Gasteiger partial charge in [0.1, 0.15) is 13.2 Å². The Morgan fingerprint density at radius 3 is 0.792 bits per heavy atom. The molecule has 0 aromatic carbocycles. The largest absolute Gasteiger partial charge is 0.545 e. The molecule has 0 aliphatic carbocycles. The Morgan fingerprint density at radius 2 is 0.535 bits per heavy atom. The van der Waals surface area contributed by atoms with Crippen molar-refractivity contribution in [1.82, 2.24) is 0 Å². The lowest BCUT2D eigenvalue weighted by Crippen LogP contribution is -2.44. The SMILES string of the molecule is CC/C=C\C/C=C\C/C=C\C/C=C\C/C=C\C/C=C\C/C=C\C/C=C\C/C=C\C/C=C\C/C=C\C/C=C\CCCCCCC(=O)OC(COC(=O)CCCCCCCCCCCCCCCCCCCCCCCC/C=C\C/C=C\C/C=C\C/C=C\CC)COC(OCC[N+](C)(C)C)C(=O)[O-]. The van der Waals surface area contributed by atoms with E-state index in [1.54, 1.807) is 0 Å². The maximum absolute atomic E-state index is 13.0. The number of nitrogens with zero attached hydrogens (tertiary/aromatic N) is 1. The summed E-state index contributed by atoms with van der Waals surface area (Å²) in [5.41, 5.74) is 0. The minimum absolute atomic E-state index is 0.134. The predicted molar refractivity (Wildman–Crippen MR) is 434 cm³/mol. The number of rotatable bonds is 73.